The minimum absolute atomic E-state index is 0.345. The van der Waals surface area contributed by atoms with E-state index in [-0.39, 0.29) is 0 Å². The predicted octanol–water partition coefficient (Wildman–Crippen LogP) is 10.0. The van der Waals surface area contributed by atoms with Gasteiger partial charge in [-0.2, -0.15) is 13.2 Å². The quantitative estimate of drug-likeness (QED) is 0.326. The summed E-state index contributed by atoms with van der Waals surface area (Å²) in [6, 6.07) is 12.4. The van der Waals surface area contributed by atoms with E-state index in [1.807, 2.05) is 45.0 Å². The zero-order valence-corrected chi connectivity index (χ0v) is 20.9. The van der Waals surface area contributed by atoms with Gasteiger partial charge in [-0.1, -0.05) is 104 Å². The molecule has 0 saturated carbocycles. The van der Waals surface area contributed by atoms with E-state index in [0.29, 0.717) is 12.4 Å². The SMILES string of the molecule is CC.CCCCCCCC(C)CC.Cc1ccccc1COc1ccc(C(F)(F)F)cc1. The lowest BCUT2D eigenvalue weighted by Gasteiger charge is -2.10. The monoisotopic (exact) mass is 452 g/mol. The number of aryl methyl sites for hydroxylation is 1. The van der Waals surface area contributed by atoms with E-state index >= 15 is 0 Å². The van der Waals surface area contributed by atoms with Gasteiger partial charge in [0.25, 0.3) is 0 Å². The molecule has 0 N–H and O–H groups in total. The molecule has 0 aromatic heterocycles. The van der Waals surface area contributed by atoms with E-state index in [0.717, 1.165) is 29.2 Å². The molecule has 1 atom stereocenters. The zero-order valence-electron chi connectivity index (χ0n) is 20.9. The van der Waals surface area contributed by atoms with Crippen LogP contribution < -0.4 is 4.74 Å². The van der Waals surface area contributed by atoms with Gasteiger partial charge in [0.05, 0.1) is 5.56 Å². The van der Waals surface area contributed by atoms with Gasteiger partial charge in [-0.15, -0.1) is 0 Å². The minimum atomic E-state index is -4.31. The van der Waals surface area contributed by atoms with Crippen molar-refractivity contribution >= 4 is 0 Å². The molecule has 32 heavy (non-hydrogen) atoms. The highest BCUT2D eigenvalue weighted by Gasteiger charge is 2.29. The summed E-state index contributed by atoms with van der Waals surface area (Å²) in [7, 11) is 0. The Morgan fingerprint density at radius 3 is 1.97 bits per heavy atom. The number of hydrogen-bond donors (Lipinski definition) is 0. The molecule has 2 aromatic rings. The van der Waals surface area contributed by atoms with E-state index in [4.69, 9.17) is 4.74 Å². The molecule has 0 radical (unpaired) electrons. The van der Waals surface area contributed by atoms with Crippen molar-refractivity contribution in [2.75, 3.05) is 0 Å². The van der Waals surface area contributed by atoms with Crippen molar-refractivity contribution in [3.63, 3.8) is 0 Å². The van der Waals surface area contributed by atoms with Crippen LogP contribution in [0.1, 0.15) is 96.3 Å². The smallest absolute Gasteiger partial charge is 0.416 e. The molecule has 0 saturated heterocycles. The average molecular weight is 453 g/mol. The topological polar surface area (TPSA) is 9.23 Å². The summed E-state index contributed by atoms with van der Waals surface area (Å²) in [5, 5.41) is 0. The maximum absolute atomic E-state index is 12.4. The number of rotatable bonds is 10. The van der Waals surface area contributed by atoms with Crippen LogP contribution in [0.3, 0.4) is 0 Å². The third-order valence-electron chi connectivity index (χ3n) is 5.33. The van der Waals surface area contributed by atoms with Crippen molar-refractivity contribution in [3.8, 4) is 5.75 Å². The second-order valence-electron chi connectivity index (χ2n) is 7.95. The van der Waals surface area contributed by atoms with Crippen LogP contribution in [-0.4, -0.2) is 0 Å². The van der Waals surface area contributed by atoms with E-state index in [2.05, 4.69) is 20.8 Å². The summed E-state index contributed by atoms with van der Waals surface area (Å²) in [5.41, 5.74) is 1.44. The third kappa shape index (κ3) is 13.4. The standard InChI is InChI=1S/C15H13F3O.C11H24.C2H6/c1-11-4-2-3-5-12(11)10-19-14-8-6-13(7-9-14)15(16,17)18;1-4-6-7-8-9-10-11(3)5-2;1-2/h2-9H,10H2,1H3;11H,4-10H2,1-3H3;1-2H3. The number of unbranched alkanes of at least 4 members (excludes halogenated alkanes) is 4. The number of benzene rings is 2. The lowest BCUT2D eigenvalue weighted by Crippen LogP contribution is -2.04. The third-order valence-corrected chi connectivity index (χ3v) is 5.33. The van der Waals surface area contributed by atoms with Crippen molar-refractivity contribution in [2.24, 2.45) is 5.92 Å². The van der Waals surface area contributed by atoms with Crippen LogP contribution in [0.5, 0.6) is 5.75 Å². The molecular weight excluding hydrogens is 409 g/mol. The number of halogens is 3. The van der Waals surface area contributed by atoms with Crippen LogP contribution in [0.15, 0.2) is 48.5 Å². The predicted molar refractivity (Wildman–Crippen MR) is 131 cm³/mol. The molecule has 0 heterocycles. The Hall–Kier alpha value is -1.97. The number of alkyl halides is 3. The van der Waals surface area contributed by atoms with Gasteiger partial charge >= 0.3 is 6.18 Å². The first-order chi connectivity index (χ1) is 15.3. The second kappa shape index (κ2) is 17.6. The molecule has 0 amide bonds. The summed E-state index contributed by atoms with van der Waals surface area (Å²) in [6.45, 7) is 13.2. The molecule has 0 aliphatic carbocycles. The molecule has 2 aromatic carbocycles. The van der Waals surface area contributed by atoms with Crippen LogP contribution in [0.4, 0.5) is 13.2 Å². The van der Waals surface area contributed by atoms with Gasteiger partial charge in [-0.25, -0.2) is 0 Å². The largest absolute Gasteiger partial charge is 0.489 e. The molecule has 1 nitrogen and oxygen atoms in total. The summed E-state index contributed by atoms with van der Waals surface area (Å²) >= 11 is 0. The fourth-order valence-corrected chi connectivity index (χ4v) is 2.97. The van der Waals surface area contributed by atoms with Crippen LogP contribution in [0.25, 0.3) is 0 Å². The van der Waals surface area contributed by atoms with E-state index in [9.17, 15) is 13.2 Å². The van der Waals surface area contributed by atoms with Gasteiger partial charge in [0.2, 0.25) is 0 Å². The van der Waals surface area contributed by atoms with Crippen molar-refractivity contribution in [1.82, 2.24) is 0 Å². The Morgan fingerprint density at radius 2 is 1.44 bits per heavy atom. The van der Waals surface area contributed by atoms with E-state index in [1.54, 1.807) is 0 Å². The summed E-state index contributed by atoms with van der Waals surface area (Å²) in [6.07, 6.45) is 5.65. The lowest BCUT2D eigenvalue weighted by atomic mass is 10.0. The fourth-order valence-electron chi connectivity index (χ4n) is 2.97. The molecule has 0 aliphatic heterocycles. The summed E-state index contributed by atoms with van der Waals surface area (Å²) in [4.78, 5) is 0. The van der Waals surface area contributed by atoms with E-state index < -0.39 is 11.7 Å². The van der Waals surface area contributed by atoms with Gasteiger partial charge < -0.3 is 4.74 Å². The maximum Gasteiger partial charge on any atom is 0.416 e. The molecule has 182 valence electrons. The van der Waals surface area contributed by atoms with Crippen molar-refractivity contribution < 1.29 is 17.9 Å². The number of hydrogen-bond acceptors (Lipinski definition) is 1. The molecule has 2 rings (SSSR count). The van der Waals surface area contributed by atoms with Gasteiger partial charge in [0.15, 0.2) is 0 Å². The fraction of sp³-hybridized carbons (Fsp3) is 0.571. The van der Waals surface area contributed by atoms with E-state index in [1.165, 1.54) is 57.1 Å². The van der Waals surface area contributed by atoms with Gasteiger partial charge in [-0.05, 0) is 48.2 Å². The highest BCUT2D eigenvalue weighted by atomic mass is 19.4. The minimum Gasteiger partial charge on any atom is -0.489 e. The van der Waals surface area contributed by atoms with Gasteiger partial charge in [0.1, 0.15) is 12.4 Å². The summed E-state index contributed by atoms with van der Waals surface area (Å²) < 4.78 is 42.6. The molecule has 0 bridgehead atoms. The zero-order chi connectivity index (χ0) is 24.4. The van der Waals surface area contributed by atoms with Gasteiger partial charge in [-0.3, -0.25) is 0 Å². The van der Waals surface area contributed by atoms with Crippen LogP contribution >= 0.6 is 0 Å². The molecule has 0 spiro atoms. The second-order valence-corrected chi connectivity index (χ2v) is 7.95. The van der Waals surface area contributed by atoms with Crippen molar-refractivity contribution in [3.05, 3.63) is 65.2 Å². The highest BCUT2D eigenvalue weighted by Crippen LogP contribution is 2.30. The van der Waals surface area contributed by atoms with Crippen LogP contribution in [0, 0.1) is 12.8 Å². The normalized spacial score (nSPS) is 11.5. The first-order valence-corrected chi connectivity index (χ1v) is 12.1. The molecule has 1 unspecified atom stereocenters. The Bertz CT molecular complexity index is 693. The lowest BCUT2D eigenvalue weighted by molar-refractivity contribution is -0.137. The average Bonchev–Trinajstić information content (AvgIpc) is 2.79. The first kappa shape index (κ1) is 30.0. The highest BCUT2D eigenvalue weighted by molar-refractivity contribution is 5.30. The Balaban J connectivity index is 0.000000635. The molecular formula is C28H43F3O. The summed E-state index contributed by atoms with van der Waals surface area (Å²) in [5.74, 6) is 1.38. The Morgan fingerprint density at radius 1 is 0.844 bits per heavy atom. The van der Waals surface area contributed by atoms with Crippen LogP contribution in [0.2, 0.25) is 0 Å². The maximum atomic E-state index is 12.4. The van der Waals surface area contributed by atoms with Gasteiger partial charge in [0, 0.05) is 0 Å². The van der Waals surface area contributed by atoms with Crippen LogP contribution in [-0.2, 0) is 12.8 Å². The van der Waals surface area contributed by atoms with Crippen molar-refractivity contribution in [2.45, 2.75) is 99.3 Å². The molecule has 0 fully saturated rings. The number of ether oxygens (including phenoxy) is 1. The molecule has 0 aliphatic rings. The Labute approximate surface area is 194 Å². The Kier molecular flexibility index (Phi) is 16.5. The van der Waals surface area contributed by atoms with Crippen molar-refractivity contribution in [1.29, 1.82) is 0 Å². The molecule has 4 heteroatoms. The first-order valence-electron chi connectivity index (χ1n) is 12.1.